The maximum Gasteiger partial charge on any atom is 0.268 e. The fourth-order valence-corrected chi connectivity index (χ4v) is 0.664. The highest BCUT2D eigenvalue weighted by Crippen LogP contribution is 1.78. The molecule has 0 atom stereocenters. The third-order valence-electron chi connectivity index (χ3n) is 1.36. The van der Waals surface area contributed by atoms with Gasteiger partial charge < -0.3 is 21.8 Å². The fraction of sp³-hybridized carbons (Fsp3) is 0.571. The third-order valence-corrected chi connectivity index (χ3v) is 1.36. The Balaban J connectivity index is 3.32. The molecule has 0 aliphatic heterocycles. The van der Waals surface area contributed by atoms with Crippen molar-refractivity contribution in [1.82, 2.24) is 16.1 Å². The minimum Gasteiger partial charge on any atom is -0.349 e. The summed E-state index contributed by atoms with van der Waals surface area (Å²) in [4.78, 5) is 11.0. The lowest BCUT2D eigenvalue weighted by atomic mass is 10.4. The van der Waals surface area contributed by atoms with E-state index in [1.54, 1.807) is 0 Å². The number of amides is 1. The summed E-state index contributed by atoms with van der Waals surface area (Å²) < 4.78 is 0. The number of hydrogen-bond acceptors (Lipinski definition) is 5. The molecule has 0 saturated carbocycles. The van der Waals surface area contributed by atoms with Crippen LogP contribution in [-0.2, 0) is 4.79 Å². The van der Waals surface area contributed by atoms with E-state index in [-0.39, 0.29) is 11.6 Å². The van der Waals surface area contributed by atoms with Crippen molar-refractivity contribution >= 4 is 5.91 Å². The van der Waals surface area contributed by atoms with Gasteiger partial charge in [-0.3, -0.25) is 10.6 Å². The lowest BCUT2D eigenvalue weighted by Gasteiger charge is -2.06. The topological polar surface area (TPSA) is 105 Å². The van der Waals surface area contributed by atoms with Gasteiger partial charge in [0.25, 0.3) is 5.91 Å². The highest BCUT2D eigenvalue weighted by molar-refractivity contribution is 5.91. The van der Waals surface area contributed by atoms with E-state index in [4.69, 9.17) is 11.6 Å². The predicted molar refractivity (Wildman–Crippen MR) is 51.4 cm³/mol. The zero-order valence-electron chi connectivity index (χ0n) is 7.60. The normalized spacial score (nSPS) is 9.38. The van der Waals surface area contributed by atoms with Crippen molar-refractivity contribution in [1.29, 1.82) is 0 Å². The molecule has 0 aliphatic carbocycles. The van der Waals surface area contributed by atoms with Crippen LogP contribution in [0.2, 0.25) is 0 Å². The van der Waals surface area contributed by atoms with Crippen LogP contribution < -0.4 is 27.6 Å². The van der Waals surface area contributed by atoms with Gasteiger partial charge in [0, 0.05) is 26.2 Å². The second kappa shape index (κ2) is 7.53. The van der Waals surface area contributed by atoms with Gasteiger partial charge in [-0.25, -0.2) is 0 Å². The van der Waals surface area contributed by atoms with Gasteiger partial charge in [0.05, 0.1) is 0 Å². The van der Waals surface area contributed by atoms with E-state index >= 15 is 0 Å². The van der Waals surface area contributed by atoms with Gasteiger partial charge in [-0.15, -0.1) is 0 Å². The van der Waals surface area contributed by atoms with Crippen LogP contribution in [0.3, 0.4) is 0 Å². The first-order valence-electron chi connectivity index (χ1n) is 4.07. The lowest BCUT2D eigenvalue weighted by Crippen LogP contribution is -2.38. The molecule has 6 nitrogen and oxygen atoms in total. The van der Waals surface area contributed by atoms with Crippen molar-refractivity contribution in [3.8, 4) is 0 Å². The highest BCUT2D eigenvalue weighted by atomic mass is 16.2. The fourth-order valence-electron chi connectivity index (χ4n) is 0.664. The Bertz CT molecular complexity index is 170. The molecule has 0 bridgehead atoms. The molecule has 7 N–H and O–H groups in total. The number of carbonyl (C=O) groups excluding carboxylic acids is 1. The molecule has 0 aliphatic rings. The number of hydrazine groups is 1. The molecule has 0 aromatic carbocycles. The minimum absolute atomic E-state index is 0.152. The smallest absolute Gasteiger partial charge is 0.268 e. The van der Waals surface area contributed by atoms with Gasteiger partial charge in [0.15, 0.2) is 0 Å². The van der Waals surface area contributed by atoms with E-state index in [2.05, 4.69) is 22.6 Å². The molecular formula is C7H17N5O. The second-order valence-electron chi connectivity index (χ2n) is 2.42. The molecule has 6 heteroatoms. The average molecular weight is 187 g/mol. The standard InChI is InChI=1S/C7H17N5O/c1-6(12-9)7(13)11-5-4-10-3-2-8/h10,12H,1-5,8-9H2,(H,11,13). The van der Waals surface area contributed by atoms with Crippen LogP contribution in [0.5, 0.6) is 0 Å². The monoisotopic (exact) mass is 187 g/mol. The van der Waals surface area contributed by atoms with Gasteiger partial charge in [-0.2, -0.15) is 0 Å². The molecule has 0 fully saturated rings. The van der Waals surface area contributed by atoms with E-state index in [0.717, 1.165) is 6.54 Å². The molecule has 1 amide bonds. The number of nitrogens with two attached hydrogens (primary N) is 2. The number of rotatable bonds is 7. The third kappa shape index (κ3) is 6.09. The van der Waals surface area contributed by atoms with Crippen molar-refractivity contribution in [2.24, 2.45) is 11.6 Å². The van der Waals surface area contributed by atoms with Crippen molar-refractivity contribution in [2.45, 2.75) is 0 Å². The average Bonchev–Trinajstić information content (AvgIpc) is 2.16. The zero-order chi connectivity index (χ0) is 10.1. The maximum atomic E-state index is 11.0. The summed E-state index contributed by atoms with van der Waals surface area (Å²) in [6.07, 6.45) is 0. The minimum atomic E-state index is -0.294. The molecule has 0 radical (unpaired) electrons. The molecule has 0 spiro atoms. The number of nitrogens with one attached hydrogen (secondary N) is 3. The Hall–Kier alpha value is -1.11. The molecule has 76 valence electrons. The van der Waals surface area contributed by atoms with Crippen LogP contribution in [0.25, 0.3) is 0 Å². The lowest BCUT2D eigenvalue weighted by molar-refractivity contribution is -0.117. The first kappa shape index (κ1) is 11.9. The van der Waals surface area contributed by atoms with Crippen LogP contribution in [-0.4, -0.2) is 32.1 Å². The first-order chi connectivity index (χ1) is 6.22. The highest BCUT2D eigenvalue weighted by Gasteiger charge is 2.02. The summed E-state index contributed by atoms with van der Waals surface area (Å²) in [5, 5.41) is 5.63. The quantitative estimate of drug-likeness (QED) is 0.133. The Morgan fingerprint density at radius 1 is 1.31 bits per heavy atom. The summed E-state index contributed by atoms with van der Waals surface area (Å²) in [5.74, 6) is 4.69. The van der Waals surface area contributed by atoms with Crippen LogP contribution in [0.15, 0.2) is 12.3 Å². The van der Waals surface area contributed by atoms with Crippen molar-refractivity contribution in [3.05, 3.63) is 12.3 Å². The molecule has 13 heavy (non-hydrogen) atoms. The maximum absolute atomic E-state index is 11.0. The van der Waals surface area contributed by atoms with Crippen molar-refractivity contribution < 1.29 is 4.79 Å². The largest absolute Gasteiger partial charge is 0.349 e. The summed E-state index contributed by atoms with van der Waals surface area (Å²) in [5.41, 5.74) is 7.57. The first-order valence-corrected chi connectivity index (χ1v) is 4.07. The van der Waals surface area contributed by atoms with Crippen molar-refractivity contribution in [2.75, 3.05) is 26.2 Å². The van der Waals surface area contributed by atoms with E-state index < -0.39 is 0 Å². The van der Waals surface area contributed by atoms with Crippen LogP contribution in [0, 0.1) is 0 Å². The second-order valence-corrected chi connectivity index (χ2v) is 2.42. The van der Waals surface area contributed by atoms with E-state index in [1.807, 2.05) is 0 Å². The molecule has 0 rings (SSSR count). The zero-order valence-corrected chi connectivity index (χ0v) is 7.60. The Kier molecular flexibility index (Phi) is 6.89. The van der Waals surface area contributed by atoms with Gasteiger partial charge in [-0.05, 0) is 0 Å². The summed E-state index contributed by atoms with van der Waals surface area (Å²) in [7, 11) is 0. The van der Waals surface area contributed by atoms with E-state index in [1.165, 1.54) is 0 Å². The molecule has 0 heterocycles. The van der Waals surface area contributed by atoms with Crippen LogP contribution in [0.1, 0.15) is 0 Å². The molecule has 0 aromatic rings. The van der Waals surface area contributed by atoms with Gasteiger partial charge in [-0.1, -0.05) is 6.58 Å². The number of hydrogen-bond donors (Lipinski definition) is 5. The Morgan fingerprint density at radius 3 is 2.54 bits per heavy atom. The number of carbonyl (C=O) groups is 1. The Labute approximate surface area is 77.7 Å². The van der Waals surface area contributed by atoms with Gasteiger partial charge in [0.2, 0.25) is 0 Å². The summed E-state index contributed by atoms with van der Waals surface area (Å²) >= 11 is 0. The van der Waals surface area contributed by atoms with E-state index in [9.17, 15) is 4.79 Å². The van der Waals surface area contributed by atoms with E-state index in [0.29, 0.717) is 19.6 Å². The van der Waals surface area contributed by atoms with Crippen molar-refractivity contribution in [3.63, 3.8) is 0 Å². The predicted octanol–water partition coefficient (Wildman–Crippen LogP) is -2.37. The van der Waals surface area contributed by atoms with Gasteiger partial charge in [0.1, 0.15) is 5.70 Å². The Morgan fingerprint density at radius 2 is 2.00 bits per heavy atom. The van der Waals surface area contributed by atoms with Crippen LogP contribution in [0.4, 0.5) is 0 Å². The summed E-state index contributed by atoms with van der Waals surface area (Å²) in [6.45, 7) is 5.94. The molecule has 0 aromatic heterocycles. The SMILES string of the molecule is C=C(NN)C(=O)NCCNCCN. The van der Waals surface area contributed by atoms with Crippen LogP contribution >= 0.6 is 0 Å². The molecule has 0 unspecified atom stereocenters. The van der Waals surface area contributed by atoms with Gasteiger partial charge >= 0.3 is 0 Å². The molecular weight excluding hydrogens is 170 g/mol. The summed E-state index contributed by atoms with van der Waals surface area (Å²) in [6, 6.07) is 0. The molecule has 0 saturated heterocycles.